The second-order valence-corrected chi connectivity index (χ2v) is 14.1. The summed E-state index contributed by atoms with van der Waals surface area (Å²) in [5, 5.41) is 35.7. The minimum atomic E-state index is -0.703. The van der Waals surface area contributed by atoms with Crippen molar-refractivity contribution in [2.45, 2.75) is 66.7 Å². The number of aliphatic hydroxyl groups is 1. The molecule has 9 heteroatoms. The van der Waals surface area contributed by atoms with Gasteiger partial charge in [-0.25, -0.2) is 0 Å². The van der Waals surface area contributed by atoms with Gasteiger partial charge in [-0.2, -0.15) is 5.26 Å². The van der Waals surface area contributed by atoms with Crippen molar-refractivity contribution in [2.24, 2.45) is 5.92 Å². The van der Waals surface area contributed by atoms with Crippen LogP contribution in [0.4, 0.5) is 5.69 Å². The first-order valence-electron chi connectivity index (χ1n) is 18.4. The zero-order valence-corrected chi connectivity index (χ0v) is 32.0. The van der Waals surface area contributed by atoms with E-state index in [0.29, 0.717) is 48.7 Å². The number of likely N-dealkylation sites (tertiary alicyclic amines) is 1. The molecule has 1 aromatic heterocycles. The van der Waals surface area contributed by atoms with Crippen LogP contribution in [0.1, 0.15) is 76.9 Å². The van der Waals surface area contributed by atoms with E-state index in [9.17, 15) is 20.3 Å². The van der Waals surface area contributed by atoms with E-state index in [1.807, 2.05) is 68.6 Å². The van der Waals surface area contributed by atoms with E-state index in [1.54, 1.807) is 6.92 Å². The van der Waals surface area contributed by atoms with E-state index in [2.05, 4.69) is 66.8 Å². The number of aromatic nitrogens is 1. The Labute approximate surface area is 319 Å². The number of aliphatic carboxylic acids is 1. The van der Waals surface area contributed by atoms with Crippen LogP contribution < -0.4 is 15.4 Å². The van der Waals surface area contributed by atoms with E-state index >= 15 is 0 Å². The summed E-state index contributed by atoms with van der Waals surface area (Å²) in [6.07, 6.45) is 6.78. The van der Waals surface area contributed by atoms with Crippen LogP contribution in [0, 0.1) is 38.0 Å². The van der Waals surface area contributed by atoms with E-state index in [1.165, 1.54) is 0 Å². The third-order valence-corrected chi connectivity index (χ3v) is 9.94. The number of ether oxygens (including phenoxy) is 1. The summed E-state index contributed by atoms with van der Waals surface area (Å²) in [7, 11) is 0. The number of piperidine rings is 1. The van der Waals surface area contributed by atoms with Gasteiger partial charge in [0.25, 0.3) is 0 Å². The number of carboxylic acids is 1. The summed E-state index contributed by atoms with van der Waals surface area (Å²) in [6, 6.07) is 20.4. The van der Waals surface area contributed by atoms with Gasteiger partial charge in [0.2, 0.25) is 0 Å². The number of allylic oxidation sites excluding steroid dienone is 1. The van der Waals surface area contributed by atoms with Crippen molar-refractivity contribution in [1.82, 2.24) is 15.2 Å². The Kier molecular flexibility index (Phi) is 13.2. The Bertz CT molecular complexity index is 2100. The number of nitriles is 1. The predicted molar refractivity (Wildman–Crippen MR) is 218 cm³/mol. The molecule has 4 N–H and O–H groups in total. The third kappa shape index (κ3) is 9.52. The maximum Gasteiger partial charge on any atom is 0.306 e. The molecular formula is C45H51N5O4. The molecule has 0 bridgehead atoms. The quantitative estimate of drug-likeness (QED) is 0.0892. The number of pyridine rings is 1. The van der Waals surface area contributed by atoms with Gasteiger partial charge >= 0.3 is 5.97 Å². The predicted octanol–water partition coefficient (Wildman–Crippen LogP) is 8.48. The van der Waals surface area contributed by atoms with Gasteiger partial charge in [-0.3, -0.25) is 14.7 Å². The second kappa shape index (κ2) is 18.0. The Balaban J connectivity index is 1.33. The van der Waals surface area contributed by atoms with Crippen molar-refractivity contribution in [2.75, 3.05) is 25.0 Å². The van der Waals surface area contributed by atoms with Crippen LogP contribution in [0.2, 0.25) is 0 Å². The van der Waals surface area contributed by atoms with E-state index < -0.39 is 12.1 Å². The van der Waals surface area contributed by atoms with Crippen molar-refractivity contribution in [3.63, 3.8) is 0 Å². The van der Waals surface area contributed by atoms with Gasteiger partial charge in [0.1, 0.15) is 17.6 Å². The molecule has 0 amide bonds. The van der Waals surface area contributed by atoms with Gasteiger partial charge in [0.15, 0.2) is 0 Å². The van der Waals surface area contributed by atoms with Crippen molar-refractivity contribution in [3.8, 4) is 22.9 Å². The Morgan fingerprint density at radius 2 is 1.78 bits per heavy atom. The average Bonchev–Trinajstić information content (AvgIpc) is 3.14. The molecule has 1 saturated heterocycles. The van der Waals surface area contributed by atoms with Gasteiger partial charge in [0.05, 0.1) is 29.0 Å². The minimum Gasteiger partial charge on any atom is -0.481 e. The van der Waals surface area contributed by atoms with Gasteiger partial charge in [-0.1, -0.05) is 61.7 Å². The van der Waals surface area contributed by atoms with Crippen molar-refractivity contribution < 1.29 is 19.7 Å². The summed E-state index contributed by atoms with van der Waals surface area (Å²) in [5.41, 5.74) is 11.5. The molecule has 3 aromatic carbocycles. The lowest BCUT2D eigenvalue weighted by Gasteiger charge is -2.30. The molecular weight excluding hydrogens is 675 g/mol. The summed E-state index contributed by atoms with van der Waals surface area (Å²) in [4.78, 5) is 18.5. The zero-order chi connectivity index (χ0) is 38.9. The molecule has 1 fully saturated rings. The standard InChI is InChI=1S/C45H51N5O4/c1-8-11-37-22-35(27-50-18-16-36(17-19-50)45(52)53)26-48-43(37)32(6)49-42-15-10-14-41(31(42)5)40-13-9-12-39(30(40)4)33(7)54-44-28(2)20-34(21-38(44)23-46)25-47-24-29(3)51/h8-15,20-22,26,29,36,47,49,51H,6-7,16-19,24-25,27H2,1-5H3,(H,52,53)/b11-8-. The summed E-state index contributed by atoms with van der Waals surface area (Å²) in [6.45, 7) is 21.6. The molecule has 1 aliphatic rings. The van der Waals surface area contributed by atoms with Gasteiger partial charge < -0.3 is 25.6 Å². The molecule has 4 aromatic rings. The first-order chi connectivity index (χ1) is 25.9. The number of hydrogen-bond donors (Lipinski definition) is 4. The maximum absolute atomic E-state index is 11.4. The topological polar surface area (TPSA) is 131 Å². The highest BCUT2D eigenvalue weighted by molar-refractivity contribution is 5.85. The monoisotopic (exact) mass is 725 g/mol. The first kappa shape index (κ1) is 39.7. The van der Waals surface area contributed by atoms with E-state index in [0.717, 1.165) is 81.1 Å². The fourth-order valence-electron chi connectivity index (χ4n) is 7.06. The number of rotatable bonds is 15. The van der Waals surface area contributed by atoms with Crippen molar-refractivity contribution in [3.05, 3.63) is 130 Å². The number of hydrogen-bond acceptors (Lipinski definition) is 8. The number of anilines is 1. The number of nitrogens with zero attached hydrogens (tertiary/aromatic N) is 3. The number of aryl methyl sites for hydroxylation is 1. The highest BCUT2D eigenvalue weighted by Gasteiger charge is 2.25. The van der Waals surface area contributed by atoms with Crippen LogP contribution in [0.25, 0.3) is 28.7 Å². The second-order valence-electron chi connectivity index (χ2n) is 14.1. The molecule has 0 radical (unpaired) electrons. The van der Waals surface area contributed by atoms with Gasteiger partial charge in [0, 0.05) is 42.6 Å². The average molecular weight is 726 g/mol. The number of carbonyl (C=O) groups is 1. The highest BCUT2D eigenvalue weighted by Crippen LogP contribution is 2.36. The zero-order valence-electron chi connectivity index (χ0n) is 32.0. The lowest BCUT2D eigenvalue weighted by Crippen LogP contribution is -2.35. The van der Waals surface area contributed by atoms with Crippen LogP contribution in [-0.4, -0.2) is 51.8 Å². The molecule has 0 aliphatic carbocycles. The summed E-state index contributed by atoms with van der Waals surface area (Å²) >= 11 is 0. The SMILES string of the molecule is C=C(Oc1c(C)cc(CNCC(C)O)cc1C#N)c1cccc(-c2cccc(NC(=C)c3ncc(CN4CCC(C(=O)O)CC4)cc3/C=C\C)c2C)c1C. The molecule has 280 valence electrons. The Hall–Kier alpha value is -5.53. The third-order valence-electron chi connectivity index (χ3n) is 9.94. The smallest absolute Gasteiger partial charge is 0.306 e. The first-order valence-corrected chi connectivity index (χ1v) is 18.4. The fourth-order valence-corrected chi connectivity index (χ4v) is 7.06. The van der Waals surface area contributed by atoms with Gasteiger partial charge in [-0.15, -0.1) is 0 Å². The molecule has 54 heavy (non-hydrogen) atoms. The fraction of sp³-hybridized carbons (Fsp3) is 0.311. The van der Waals surface area contributed by atoms with Crippen molar-refractivity contribution >= 4 is 29.2 Å². The molecule has 2 heterocycles. The lowest BCUT2D eigenvalue weighted by atomic mass is 9.92. The summed E-state index contributed by atoms with van der Waals surface area (Å²) < 4.78 is 6.34. The molecule has 0 spiro atoms. The molecule has 1 atom stereocenters. The van der Waals surface area contributed by atoms with E-state index in [4.69, 9.17) is 9.72 Å². The van der Waals surface area contributed by atoms with Crippen LogP contribution in [-0.2, 0) is 17.9 Å². The van der Waals surface area contributed by atoms with Crippen molar-refractivity contribution in [1.29, 1.82) is 5.26 Å². The molecule has 1 unspecified atom stereocenters. The molecule has 5 rings (SSSR count). The summed E-state index contributed by atoms with van der Waals surface area (Å²) in [5.74, 6) is -0.0331. The normalized spacial score (nSPS) is 14.1. The Morgan fingerprint density at radius 1 is 1.07 bits per heavy atom. The number of nitrogens with one attached hydrogen (secondary N) is 2. The maximum atomic E-state index is 11.4. The highest BCUT2D eigenvalue weighted by atomic mass is 16.5. The number of aliphatic hydroxyl groups excluding tert-OH is 1. The van der Waals surface area contributed by atoms with Crippen LogP contribution in [0.5, 0.6) is 5.75 Å². The van der Waals surface area contributed by atoms with Crippen LogP contribution in [0.15, 0.2) is 80.0 Å². The van der Waals surface area contributed by atoms with Gasteiger partial charge in [-0.05, 0) is 118 Å². The van der Waals surface area contributed by atoms with Crippen LogP contribution in [0.3, 0.4) is 0 Å². The Morgan fingerprint density at radius 3 is 2.44 bits per heavy atom. The number of carboxylic acid groups (broad SMARTS) is 1. The lowest BCUT2D eigenvalue weighted by molar-refractivity contribution is -0.143. The van der Waals surface area contributed by atoms with E-state index in [-0.39, 0.29) is 5.92 Å². The molecule has 9 nitrogen and oxygen atoms in total. The molecule has 0 saturated carbocycles. The van der Waals surface area contributed by atoms with Crippen LogP contribution >= 0.6 is 0 Å². The minimum absolute atomic E-state index is 0.258. The number of benzene rings is 3. The molecule has 1 aliphatic heterocycles. The largest absolute Gasteiger partial charge is 0.481 e.